The monoisotopic (exact) mass is 258 g/mol. The minimum absolute atomic E-state index is 0.209. The number of nitrogens with one attached hydrogen (secondary N) is 1. The van der Waals surface area contributed by atoms with Crippen molar-refractivity contribution < 1.29 is 14.3 Å². The molecule has 0 aromatic carbocycles. The summed E-state index contributed by atoms with van der Waals surface area (Å²) in [4.78, 5) is 11.5. The summed E-state index contributed by atoms with van der Waals surface area (Å²) in [6.07, 6.45) is 2.98. The van der Waals surface area contributed by atoms with E-state index in [9.17, 15) is 4.79 Å². The molecule has 1 saturated heterocycles. The molecular weight excluding hydrogens is 232 g/mol. The summed E-state index contributed by atoms with van der Waals surface area (Å²) in [6.45, 7) is 7.77. The van der Waals surface area contributed by atoms with Crippen molar-refractivity contribution in [1.82, 2.24) is 5.32 Å². The van der Waals surface area contributed by atoms with Crippen LogP contribution >= 0.6 is 0 Å². The van der Waals surface area contributed by atoms with E-state index >= 15 is 0 Å². The summed E-state index contributed by atoms with van der Waals surface area (Å²) in [7, 11) is 0. The van der Waals surface area contributed by atoms with Crippen LogP contribution in [0.2, 0.25) is 0 Å². The van der Waals surface area contributed by atoms with E-state index in [0.29, 0.717) is 19.6 Å². The third-order valence-corrected chi connectivity index (χ3v) is 3.23. The topological polar surface area (TPSA) is 73.6 Å². The molecule has 0 spiro atoms. The molecule has 1 fully saturated rings. The fraction of sp³-hybridized carbons (Fsp3) is 0.923. The van der Waals surface area contributed by atoms with E-state index in [1.54, 1.807) is 0 Å². The molecule has 18 heavy (non-hydrogen) atoms. The van der Waals surface area contributed by atoms with Gasteiger partial charge in [0.25, 0.3) is 0 Å². The molecule has 3 N–H and O–H groups in total. The third kappa shape index (κ3) is 4.92. The van der Waals surface area contributed by atoms with Gasteiger partial charge < -0.3 is 20.5 Å². The molecule has 0 aliphatic carbocycles. The largest absolute Gasteiger partial charge is 0.379 e. The number of primary amides is 1. The Morgan fingerprint density at radius 1 is 1.61 bits per heavy atom. The van der Waals surface area contributed by atoms with Gasteiger partial charge in [-0.25, -0.2) is 0 Å². The molecule has 0 bridgehead atoms. The number of rotatable bonds is 8. The molecule has 1 amide bonds. The van der Waals surface area contributed by atoms with Crippen LogP contribution in [0.15, 0.2) is 0 Å². The molecule has 0 saturated carbocycles. The van der Waals surface area contributed by atoms with Gasteiger partial charge in [-0.05, 0) is 40.0 Å². The van der Waals surface area contributed by atoms with Crippen molar-refractivity contribution in [3.05, 3.63) is 0 Å². The van der Waals surface area contributed by atoms with E-state index in [-0.39, 0.29) is 18.1 Å². The molecule has 0 radical (unpaired) electrons. The van der Waals surface area contributed by atoms with E-state index in [2.05, 4.69) is 5.32 Å². The Balaban J connectivity index is 2.26. The smallest absolute Gasteiger partial charge is 0.237 e. The first-order valence-corrected chi connectivity index (χ1v) is 6.71. The summed E-state index contributed by atoms with van der Waals surface area (Å²) in [5.74, 6) is -0.336. The predicted molar refractivity (Wildman–Crippen MR) is 70.3 cm³/mol. The van der Waals surface area contributed by atoms with Gasteiger partial charge in [0, 0.05) is 19.3 Å². The second-order valence-corrected chi connectivity index (χ2v) is 5.46. The minimum Gasteiger partial charge on any atom is -0.379 e. The summed E-state index contributed by atoms with van der Waals surface area (Å²) in [6, 6.07) is 0.209. The fourth-order valence-corrected chi connectivity index (χ4v) is 2.17. The Labute approximate surface area is 109 Å². The molecule has 5 heteroatoms. The highest BCUT2D eigenvalue weighted by Crippen LogP contribution is 2.14. The van der Waals surface area contributed by atoms with Gasteiger partial charge in [-0.15, -0.1) is 0 Å². The third-order valence-electron chi connectivity index (χ3n) is 3.23. The number of carbonyl (C=O) groups is 1. The highest BCUT2D eigenvalue weighted by molar-refractivity contribution is 5.84. The number of ether oxygens (including phenoxy) is 2. The van der Waals surface area contributed by atoms with E-state index in [4.69, 9.17) is 15.2 Å². The van der Waals surface area contributed by atoms with Gasteiger partial charge in [-0.2, -0.15) is 0 Å². The van der Waals surface area contributed by atoms with Crippen molar-refractivity contribution in [2.45, 2.75) is 57.7 Å². The van der Waals surface area contributed by atoms with Crippen LogP contribution in [-0.4, -0.2) is 43.4 Å². The summed E-state index contributed by atoms with van der Waals surface area (Å²) in [5.41, 5.74) is 4.74. The van der Waals surface area contributed by atoms with Gasteiger partial charge >= 0.3 is 0 Å². The number of hydrogen-bond donors (Lipinski definition) is 2. The Morgan fingerprint density at radius 2 is 2.33 bits per heavy atom. The lowest BCUT2D eigenvalue weighted by atomic mass is 9.96. The summed E-state index contributed by atoms with van der Waals surface area (Å²) in [5, 5.41) is 3.20. The van der Waals surface area contributed by atoms with Crippen molar-refractivity contribution in [3.63, 3.8) is 0 Å². The van der Waals surface area contributed by atoms with Crippen LogP contribution in [0.1, 0.15) is 40.0 Å². The normalized spacial score (nSPS) is 23.2. The summed E-state index contributed by atoms with van der Waals surface area (Å²) >= 11 is 0. The Morgan fingerprint density at radius 3 is 2.83 bits per heavy atom. The molecule has 1 rings (SSSR count). The van der Waals surface area contributed by atoms with Crippen molar-refractivity contribution in [2.75, 3.05) is 19.8 Å². The molecular formula is C13H26N2O3. The van der Waals surface area contributed by atoms with Gasteiger partial charge in [-0.1, -0.05) is 0 Å². The van der Waals surface area contributed by atoms with Crippen LogP contribution in [0.25, 0.3) is 0 Å². The lowest BCUT2D eigenvalue weighted by molar-refractivity contribution is -0.125. The zero-order valence-corrected chi connectivity index (χ0v) is 11.7. The van der Waals surface area contributed by atoms with Crippen LogP contribution in [-0.2, 0) is 14.3 Å². The predicted octanol–water partition coefficient (Wildman–Crippen LogP) is 0.814. The van der Waals surface area contributed by atoms with E-state index in [1.807, 2.05) is 20.8 Å². The number of hydrogen-bond acceptors (Lipinski definition) is 4. The molecule has 1 aliphatic heterocycles. The van der Waals surface area contributed by atoms with Crippen molar-refractivity contribution >= 4 is 5.91 Å². The van der Waals surface area contributed by atoms with Gasteiger partial charge in [0.05, 0.1) is 18.2 Å². The minimum atomic E-state index is -0.704. The summed E-state index contributed by atoms with van der Waals surface area (Å²) < 4.78 is 11.0. The van der Waals surface area contributed by atoms with E-state index < -0.39 is 5.54 Å². The zero-order valence-electron chi connectivity index (χ0n) is 11.7. The SMILES string of the molecule is CC(C)NC(C)(CCOCC1CCCO1)C(N)=O. The van der Waals surface area contributed by atoms with Crippen LogP contribution in [0.3, 0.4) is 0 Å². The standard InChI is InChI=1S/C13H26N2O3/c1-10(2)15-13(3,12(14)16)6-8-17-9-11-5-4-7-18-11/h10-11,15H,4-9H2,1-3H3,(H2,14,16). The Kier molecular flexibility index (Phi) is 6.05. The molecule has 106 valence electrons. The molecule has 5 nitrogen and oxygen atoms in total. The maximum absolute atomic E-state index is 11.5. The average Bonchev–Trinajstić information content (AvgIpc) is 2.76. The fourth-order valence-electron chi connectivity index (χ4n) is 2.17. The second kappa shape index (κ2) is 7.07. The number of carbonyl (C=O) groups excluding carboxylic acids is 1. The molecule has 0 aromatic heterocycles. The lowest BCUT2D eigenvalue weighted by Gasteiger charge is -2.29. The van der Waals surface area contributed by atoms with Gasteiger partial charge in [0.1, 0.15) is 0 Å². The van der Waals surface area contributed by atoms with Crippen LogP contribution < -0.4 is 11.1 Å². The number of nitrogens with two attached hydrogens (primary N) is 1. The molecule has 2 atom stereocenters. The quantitative estimate of drug-likeness (QED) is 0.632. The van der Waals surface area contributed by atoms with Crippen LogP contribution in [0.5, 0.6) is 0 Å². The maximum atomic E-state index is 11.5. The first-order valence-electron chi connectivity index (χ1n) is 6.71. The highest BCUT2D eigenvalue weighted by Gasteiger charge is 2.31. The van der Waals surface area contributed by atoms with Gasteiger partial charge in [-0.3, -0.25) is 4.79 Å². The van der Waals surface area contributed by atoms with Crippen LogP contribution in [0.4, 0.5) is 0 Å². The first-order chi connectivity index (χ1) is 8.44. The zero-order chi connectivity index (χ0) is 13.6. The molecule has 2 unspecified atom stereocenters. The van der Waals surface area contributed by atoms with Crippen molar-refractivity contribution in [3.8, 4) is 0 Å². The van der Waals surface area contributed by atoms with Crippen molar-refractivity contribution in [2.24, 2.45) is 5.73 Å². The molecule has 1 heterocycles. The van der Waals surface area contributed by atoms with Crippen LogP contribution in [0, 0.1) is 0 Å². The average molecular weight is 258 g/mol. The lowest BCUT2D eigenvalue weighted by Crippen LogP contribution is -2.56. The molecule has 0 aromatic rings. The maximum Gasteiger partial charge on any atom is 0.237 e. The van der Waals surface area contributed by atoms with Gasteiger partial charge in [0.2, 0.25) is 5.91 Å². The Bertz CT molecular complexity index is 265. The number of amides is 1. The Hall–Kier alpha value is -0.650. The van der Waals surface area contributed by atoms with Gasteiger partial charge in [0.15, 0.2) is 0 Å². The first kappa shape index (κ1) is 15.4. The highest BCUT2D eigenvalue weighted by atomic mass is 16.5. The van der Waals surface area contributed by atoms with E-state index in [1.165, 1.54) is 0 Å². The van der Waals surface area contributed by atoms with E-state index in [0.717, 1.165) is 19.4 Å². The molecule has 1 aliphatic rings. The van der Waals surface area contributed by atoms with Crippen molar-refractivity contribution in [1.29, 1.82) is 0 Å². The second-order valence-electron chi connectivity index (χ2n) is 5.46.